The average molecular weight is 329 g/mol. The van der Waals surface area contributed by atoms with Crippen LogP contribution in [0, 0.1) is 11.7 Å². The molecule has 3 aliphatic heterocycles. The maximum absolute atomic E-state index is 13.7. The zero-order valence-electron chi connectivity index (χ0n) is 12.6. The first-order valence-corrected chi connectivity index (χ1v) is 7.57. The van der Waals surface area contributed by atoms with Gasteiger partial charge < -0.3 is 15.0 Å². The minimum absolute atomic E-state index is 0. The summed E-state index contributed by atoms with van der Waals surface area (Å²) in [6.07, 6.45) is 1.22. The summed E-state index contributed by atoms with van der Waals surface area (Å²) in [5.41, 5.74) is 0.404. The molecule has 122 valence electrons. The summed E-state index contributed by atoms with van der Waals surface area (Å²) >= 11 is 0. The van der Waals surface area contributed by atoms with Crippen LogP contribution in [0.15, 0.2) is 24.3 Å². The molecule has 0 aliphatic carbocycles. The molecule has 4 rings (SSSR count). The van der Waals surface area contributed by atoms with Crippen LogP contribution >= 0.6 is 12.4 Å². The maximum atomic E-state index is 13.7. The second-order valence-electron chi connectivity index (χ2n) is 5.96. The predicted molar refractivity (Wildman–Crippen MR) is 84.6 cm³/mol. The van der Waals surface area contributed by atoms with Gasteiger partial charge in [0.15, 0.2) is 0 Å². The molecule has 0 spiro atoms. The minimum Gasteiger partial charge on any atom is -0.442 e. The number of alkyl carbamates (subject to hydrolysis) is 1. The van der Waals surface area contributed by atoms with E-state index in [4.69, 9.17) is 4.74 Å². The SMILES string of the molecule is C[C@H](OC(=O)N[C@@H]1CN2CCC1CC2)c1ccccc1F.Cl. The molecule has 0 radical (unpaired) electrons. The first-order chi connectivity index (χ1) is 10.1. The minimum atomic E-state index is -0.590. The van der Waals surface area contributed by atoms with E-state index in [9.17, 15) is 9.18 Å². The fourth-order valence-electron chi connectivity index (χ4n) is 3.34. The largest absolute Gasteiger partial charge is 0.442 e. The molecule has 0 aromatic heterocycles. The fraction of sp³-hybridized carbons (Fsp3) is 0.562. The van der Waals surface area contributed by atoms with Crippen molar-refractivity contribution in [1.29, 1.82) is 0 Å². The van der Waals surface area contributed by atoms with Gasteiger partial charge in [0.05, 0.1) is 0 Å². The molecule has 3 saturated heterocycles. The Bertz CT molecular complexity index is 521. The second kappa shape index (κ2) is 7.29. The topological polar surface area (TPSA) is 41.6 Å². The van der Waals surface area contributed by atoms with Crippen LogP contribution in [0.25, 0.3) is 0 Å². The molecule has 2 bridgehead atoms. The van der Waals surface area contributed by atoms with Crippen LogP contribution in [0.1, 0.15) is 31.4 Å². The summed E-state index contributed by atoms with van der Waals surface area (Å²) in [7, 11) is 0. The van der Waals surface area contributed by atoms with E-state index in [-0.39, 0.29) is 24.3 Å². The molecule has 1 amide bonds. The van der Waals surface area contributed by atoms with Crippen molar-refractivity contribution in [2.75, 3.05) is 19.6 Å². The van der Waals surface area contributed by atoms with Crippen molar-refractivity contribution < 1.29 is 13.9 Å². The van der Waals surface area contributed by atoms with E-state index in [0.29, 0.717) is 11.5 Å². The summed E-state index contributed by atoms with van der Waals surface area (Å²) < 4.78 is 19.0. The van der Waals surface area contributed by atoms with Crippen molar-refractivity contribution in [1.82, 2.24) is 10.2 Å². The normalized spacial score (nSPS) is 27.6. The van der Waals surface area contributed by atoms with Crippen LogP contribution in [-0.2, 0) is 4.74 Å². The van der Waals surface area contributed by atoms with Gasteiger partial charge in [0.1, 0.15) is 11.9 Å². The van der Waals surface area contributed by atoms with Crippen molar-refractivity contribution >= 4 is 18.5 Å². The van der Waals surface area contributed by atoms with E-state index in [1.54, 1.807) is 25.1 Å². The molecule has 3 aliphatic rings. The Labute approximate surface area is 136 Å². The first kappa shape index (κ1) is 17.0. The molecule has 6 heteroatoms. The van der Waals surface area contributed by atoms with Crippen LogP contribution < -0.4 is 5.32 Å². The van der Waals surface area contributed by atoms with E-state index in [0.717, 1.165) is 32.5 Å². The molecule has 2 atom stereocenters. The molecule has 0 unspecified atom stereocenters. The number of benzene rings is 1. The lowest BCUT2D eigenvalue weighted by Gasteiger charge is -2.44. The van der Waals surface area contributed by atoms with Gasteiger partial charge in [-0.2, -0.15) is 0 Å². The molecule has 3 fully saturated rings. The van der Waals surface area contributed by atoms with Gasteiger partial charge in [0, 0.05) is 18.2 Å². The Morgan fingerprint density at radius 3 is 2.64 bits per heavy atom. The van der Waals surface area contributed by atoms with Crippen LogP contribution in [0.3, 0.4) is 0 Å². The number of fused-ring (bicyclic) bond motifs is 3. The number of nitrogens with zero attached hydrogens (tertiary/aromatic N) is 1. The van der Waals surface area contributed by atoms with E-state index in [2.05, 4.69) is 10.2 Å². The Morgan fingerprint density at radius 1 is 1.36 bits per heavy atom. The number of carbonyl (C=O) groups excluding carboxylic acids is 1. The van der Waals surface area contributed by atoms with Crippen molar-refractivity contribution in [3.8, 4) is 0 Å². The van der Waals surface area contributed by atoms with Crippen molar-refractivity contribution in [3.05, 3.63) is 35.6 Å². The Balaban J connectivity index is 0.00000176. The monoisotopic (exact) mass is 328 g/mol. The third kappa shape index (κ3) is 3.70. The number of rotatable bonds is 3. The number of nitrogens with one attached hydrogen (secondary N) is 1. The van der Waals surface area contributed by atoms with Crippen LogP contribution in [0.2, 0.25) is 0 Å². The van der Waals surface area contributed by atoms with Gasteiger partial charge in [0.25, 0.3) is 0 Å². The third-order valence-electron chi connectivity index (χ3n) is 4.59. The maximum Gasteiger partial charge on any atom is 0.408 e. The molecule has 22 heavy (non-hydrogen) atoms. The van der Waals surface area contributed by atoms with Gasteiger partial charge in [0.2, 0.25) is 0 Å². The highest BCUT2D eigenvalue weighted by molar-refractivity contribution is 5.85. The lowest BCUT2D eigenvalue weighted by atomic mass is 9.84. The second-order valence-corrected chi connectivity index (χ2v) is 5.96. The number of ether oxygens (including phenoxy) is 1. The fourth-order valence-corrected chi connectivity index (χ4v) is 3.34. The third-order valence-corrected chi connectivity index (χ3v) is 4.59. The predicted octanol–water partition coefficient (Wildman–Crippen LogP) is 3.13. The molecule has 3 heterocycles. The standard InChI is InChI=1S/C16H21FN2O2.ClH/c1-11(13-4-2-3-5-14(13)17)21-16(20)18-15-10-19-8-6-12(15)7-9-19;/h2-5,11-12,15H,6-10H2,1H3,(H,18,20);1H/t11-,15+;/m0./s1. The lowest BCUT2D eigenvalue weighted by Crippen LogP contribution is -2.57. The quantitative estimate of drug-likeness (QED) is 0.927. The van der Waals surface area contributed by atoms with Gasteiger partial charge in [-0.25, -0.2) is 9.18 Å². The summed E-state index contributed by atoms with van der Waals surface area (Å²) in [5, 5.41) is 2.95. The first-order valence-electron chi connectivity index (χ1n) is 7.57. The van der Waals surface area contributed by atoms with Crippen LogP contribution in [-0.4, -0.2) is 36.7 Å². The number of piperidine rings is 3. The zero-order valence-corrected chi connectivity index (χ0v) is 13.4. The average Bonchev–Trinajstić information content (AvgIpc) is 2.48. The van der Waals surface area contributed by atoms with Crippen LogP contribution in [0.4, 0.5) is 9.18 Å². The van der Waals surface area contributed by atoms with Gasteiger partial charge in [-0.1, -0.05) is 18.2 Å². The molecular weight excluding hydrogens is 307 g/mol. The number of carbonyl (C=O) groups is 1. The number of amides is 1. The summed E-state index contributed by atoms with van der Waals surface area (Å²) in [5.74, 6) is 0.201. The zero-order chi connectivity index (χ0) is 14.8. The van der Waals surface area contributed by atoms with E-state index in [1.807, 2.05) is 0 Å². The Hall–Kier alpha value is -1.33. The Morgan fingerprint density at radius 2 is 2.05 bits per heavy atom. The van der Waals surface area contributed by atoms with Crippen LogP contribution in [0.5, 0.6) is 0 Å². The van der Waals surface area contributed by atoms with Gasteiger partial charge in [-0.15, -0.1) is 12.4 Å². The van der Waals surface area contributed by atoms with E-state index >= 15 is 0 Å². The highest BCUT2D eigenvalue weighted by Gasteiger charge is 2.35. The number of halogens is 2. The number of hydrogen-bond acceptors (Lipinski definition) is 3. The summed E-state index contributed by atoms with van der Waals surface area (Å²) in [4.78, 5) is 14.4. The molecule has 1 N–H and O–H groups in total. The molecule has 1 aromatic carbocycles. The van der Waals surface area contributed by atoms with E-state index < -0.39 is 12.2 Å². The van der Waals surface area contributed by atoms with Gasteiger partial charge >= 0.3 is 6.09 Å². The Kier molecular flexibility index (Phi) is 5.64. The van der Waals surface area contributed by atoms with Crippen molar-refractivity contribution in [2.24, 2.45) is 5.92 Å². The van der Waals surface area contributed by atoms with E-state index in [1.165, 1.54) is 6.07 Å². The number of hydrogen-bond donors (Lipinski definition) is 1. The van der Waals surface area contributed by atoms with Crippen molar-refractivity contribution in [2.45, 2.75) is 31.9 Å². The molecule has 1 aromatic rings. The molecule has 0 saturated carbocycles. The van der Waals surface area contributed by atoms with Gasteiger partial charge in [-0.05, 0) is 44.8 Å². The highest BCUT2D eigenvalue weighted by Crippen LogP contribution is 2.28. The smallest absolute Gasteiger partial charge is 0.408 e. The lowest BCUT2D eigenvalue weighted by molar-refractivity contribution is 0.0563. The summed E-state index contributed by atoms with van der Waals surface area (Å²) in [6.45, 7) is 4.84. The van der Waals surface area contributed by atoms with Crippen molar-refractivity contribution in [3.63, 3.8) is 0 Å². The molecule has 4 nitrogen and oxygen atoms in total. The molecular formula is C16H22ClFN2O2. The highest BCUT2D eigenvalue weighted by atomic mass is 35.5. The summed E-state index contributed by atoms with van der Waals surface area (Å²) in [6, 6.07) is 6.54. The van der Waals surface area contributed by atoms with Gasteiger partial charge in [-0.3, -0.25) is 0 Å².